The molecule has 1 heterocycles. The minimum Gasteiger partial charge on any atom is -0.392 e. The number of aryl methyl sites for hydroxylation is 2. The van der Waals surface area contributed by atoms with Crippen molar-refractivity contribution in [2.75, 3.05) is 18.4 Å². The maximum Gasteiger partial charge on any atom is 0.321 e. The van der Waals surface area contributed by atoms with Crippen LogP contribution < -0.4 is 5.32 Å². The van der Waals surface area contributed by atoms with Gasteiger partial charge in [-0.3, -0.25) is 0 Å². The van der Waals surface area contributed by atoms with Gasteiger partial charge < -0.3 is 15.3 Å². The lowest BCUT2D eigenvalue weighted by molar-refractivity contribution is 0.222. The van der Waals surface area contributed by atoms with E-state index in [0.29, 0.717) is 23.1 Å². The topological polar surface area (TPSA) is 52.6 Å². The molecule has 2 aromatic carbocycles. The van der Waals surface area contributed by atoms with Crippen LogP contribution in [0.2, 0.25) is 10.0 Å². The van der Waals surface area contributed by atoms with E-state index in [1.807, 2.05) is 32.0 Å². The Balaban J connectivity index is 1.72. The van der Waals surface area contributed by atoms with Gasteiger partial charge in [0, 0.05) is 34.7 Å². The van der Waals surface area contributed by atoms with Gasteiger partial charge in [-0.25, -0.2) is 4.79 Å². The lowest BCUT2D eigenvalue weighted by Gasteiger charge is -2.20. The van der Waals surface area contributed by atoms with Gasteiger partial charge >= 0.3 is 6.03 Å². The minimum atomic E-state index is -0.117. The Kier molecular flexibility index (Phi) is 5.76. The molecular formula is C20H22Cl2N2O2. The lowest BCUT2D eigenvalue weighted by Crippen LogP contribution is -2.33. The smallest absolute Gasteiger partial charge is 0.321 e. The molecule has 1 fully saturated rings. The molecule has 1 saturated heterocycles. The minimum absolute atomic E-state index is 0.00982. The van der Waals surface area contributed by atoms with Crippen molar-refractivity contribution in [2.45, 2.75) is 32.8 Å². The fourth-order valence-corrected chi connectivity index (χ4v) is 4.01. The van der Waals surface area contributed by atoms with Crippen LogP contribution in [0.25, 0.3) is 0 Å². The normalized spacial score (nSPS) is 16.8. The first-order chi connectivity index (χ1) is 12.4. The van der Waals surface area contributed by atoms with Crippen LogP contribution in [-0.4, -0.2) is 29.1 Å². The Labute approximate surface area is 163 Å². The first-order valence-corrected chi connectivity index (χ1v) is 9.36. The third-order valence-electron chi connectivity index (χ3n) is 4.88. The molecule has 1 atom stereocenters. The van der Waals surface area contributed by atoms with E-state index in [-0.39, 0.29) is 18.6 Å². The third-order valence-corrected chi connectivity index (χ3v) is 5.46. The molecule has 0 saturated carbocycles. The maximum atomic E-state index is 12.7. The number of aliphatic hydroxyl groups excluding tert-OH is 1. The van der Waals surface area contributed by atoms with Gasteiger partial charge in [-0.2, -0.15) is 0 Å². The number of amides is 2. The SMILES string of the molecule is Cc1cc(CO)cc(C)c1NC(=O)N1CC[C@H](c2cc(Cl)ccc2Cl)C1. The van der Waals surface area contributed by atoms with Crippen molar-refractivity contribution >= 4 is 34.9 Å². The van der Waals surface area contributed by atoms with Gasteiger partial charge in [0.05, 0.1) is 6.61 Å². The molecule has 2 N–H and O–H groups in total. The van der Waals surface area contributed by atoms with E-state index in [1.165, 1.54) is 0 Å². The van der Waals surface area contributed by atoms with E-state index in [4.69, 9.17) is 23.2 Å². The van der Waals surface area contributed by atoms with Gasteiger partial charge in [-0.1, -0.05) is 35.3 Å². The molecule has 1 aliphatic rings. The van der Waals surface area contributed by atoms with Crippen LogP contribution in [0.5, 0.6) is 0 Å². The molecule has 0 aliphatic carbocycles. The van der Waals surface area contributed by atoms with Crippen molar-refractivity contribution in [3.05, 3.63) is 62.6 Å². The number of nitrogens with zero attached hydrogens (tertiary/aromatic N) is 1. The molecule has 6 heteroatoms. The number of hydrogen-bond donors (Lipinski definition) is 2. The van der Waals surface area contributed by atoms with Crippen LogP contribution in [0.3, 0.4) is 0 Å². The number of rotatable bonds is 3. The zero-order chi connectivity index (χ0) is 18.8. The summed E-state index contributed by atoms with van der Waals surface area (Å²) in [5.41, 5.74) is 4.52. The third kappa shape index (κ3) is 3.98. The highest BCUT2D eigenvalue weighted by Gasteiger charge is 2.29. The molecule has 4 nitrogen and oxygen atoms in total. The second-order valence-electron chi connectivity index (χ2n) is 6.79. The lowest BCUT2D eigenvalue weighted by atomic mass is 9.98. The zero-order valence-corrected chi connectivity index (χ0v) is 16.4. The number of nitrogens with one attached hydrogen (secondary N) is 1. The summed E-state index contributed by atoms with van der Waals surface area (Å²) in [5, 5.41) is 13.7. The molecule has 0 aromatic heterocycles. The quantitative estimate of drug-likeness (QED) is 0.760. The average molecular weight is 393 g/mol. The predicted molar refractivity (Wildman–Crippen MR) is 106 cm³/mol. The van der Waals surface area contributed by atoms with E-state index in [1.54, 1.807) is 17.0 Å². The first kappa shape index (κ1) is 19.0. The van der Waals surface area contributed by atoms with Gasteiger partial charge in [-0.15, -0.1) is 0 Å². The molecule has 0 spiro atoms. The second kappa shape index (κ2) is 7.87. The van der Waals surface area contributed by atoms with Crippen molar-refractivity contribution in [3.63, 3.8) is 0 Å². The number of likely N-dealkylation sites (tertiary alicyclic amines) is 1. The van der Waals surface area contributed by atoms with Crippen LogP contribution in [0.15, 0.2) is 30.3 Å². The van der Waals surface area contributed by atoms with Crippen LogP contribution in [0, 0.1) is 13.8 Å². The number of halogens is 2. The number of carbonyl (C=O) groups excluding carboxylic acids is 1. The fourth-order valence-electron chi connectivity index (χ4n) is 3.55. The van der Waals surface area contributed by atoms with E-state index >= 15 is 0 Å². The van der Waals surface area contributed by atoms with E-state index < -0.39 is 0 Å². The second-order valence-corrected chi connectivity index (χ2v) is 7.63. The van der Waals surface area contributed by atoms with Crippen LogP contribution in [0.1, 0.15) is 34.6 Å². The van der Waals surface area contributed by atoms with E-state index in [9.17, 15) is 9.90 Å². The summed E-state index contributed by atoms with van der Waals surface area (Å²) >= 11 is 12.4. The molecular weight excluding hydrogens is 371 g/mol. The average Bonchev–Trinajstić information content (AvgIpc) is 3.09. The number of carbonyl (C=O) groups is 1. The van der Waals surface area contributed by atoms with Gasteiger partial charge in [0.1, 0.15) is 0 Å². The van der Waals surface area contributed by atoms with Crippen molar-refractivity contribution in [3.8, 4) is 0 Å². The number of aliphatic hydroxyl groups is 1. The number of urea groups is 1. The molecule has 2 aromatic rings. The first-order valence-electron chi connectivity index (χ1n) is 8.61. The number of hydrogen-bond acceptors (Lipinski definition) is 2. The Morgan fingerprint density at radius 2 is 1.92 bits per heavy atom. The monoisotopic (exact) mass is 392 g/mol. The predicted octanol–water partition coefficient (Wildman–Crippen LogP) is 5.12. The van der Waals surface area contributed by atoms with E-state index in [2.05, 4.69) is 5.32 Å². The Morgan fingerprint density at radius 1 is 1.23 bits per heavy atom. The molecule has 2 amide bonds. The summed E-state index contributed by atoms with van der Waals surface area (Å²) in [6.45, 7) is 5.13. The molecule has 0 radical (unpaired) electrons. The standard InChI is InChI=1S/C20H22Cl2N2O2/c1-12-7-14(11-25)8-13(2)19(12)23-20(26)24-6-5-15(10-24)17-9-16(21)3-4-18(17)22/h3-4,7-9,15,25H,5-6,10-11H2,1-2H3,(H,23,26)/t15-/m0/s1. The molecule has 0 unspecified atom stereocenters. The van der Waals surface area contributed by atoms with Crippen LogP contribution >= 0.6 is 23.2 Å². The van der Waals surface area contributed by atoms with Crippen molar-refractivity contribution in [1.82, 2.24) is 4.90 Å². The highest BCUT2D eigenvalue weighted by molar-refractivity contribution is 6.33. The summed E-state index contributed by atoms with van der Waals surface area (Å²) in [5.74, 6) is 0.186. The van der Waals surface area contributed by atoms with Gasteiger partial charge in [0.25, 0.3) is 0 Å². The Hall–Kier alpha value is -1.75. The van der Waals surface area contributed by atoms with Crippen molar-refractivity contribution in [2.24, 2.45) is 0 Å². The van der Waals surface area contributed by atoms with Crippen LogP contribution in [0.4, 0.5) is 10.5 Å². The van der Waals surface area contributed by atoms with E-state index in [0.717, 1.165) is 34.4 Å². The Morgan fingerprint density at radius 3 is 2.58 bits per heavy atom. The highest BCUT2D eigenvalue weighted by Crippen LogP contribution is 2.34. The summed E-state index contributed by atoms with van der Waals surface area (Å²) in [7, 11) is 0. The molecule has 138 valence electrons. The molecule has 3 rings (SSSR count). The summed E-state index contributed by atoms with van der Waals surface area (Å²) < 4.78 is 0. The molecule has 1 aliphatic heterocycles. The van der Waals surface area contributed by atoms with Gasteiger partial charge in [0.2, 0.25) is 0 Å². The number of anilines is 1. The largest absolute Gasteiger partial charge is 0.392 e. The van der Waals surface area contributed by atoms with Gasteiger partial charge in [-0.05, 0) is 60.7 Å². The Bertz CT molecular complexity index is 816. The van der Waals surface area contributed by atoms with Crippen LogP contribution in [-0.2, 0) is 6.61 Å². The maximum absolute atomic E-state index is 12.7. The zero-order valence-electron chi connectivity index (χ0n) is 14.9. The summed E-state index contributed by atoms with van der Waals surface area (Å²) in [6, 6.07) is 9.12. The highest BCUT2D eigenvalue weighted by atomic mass is 35.5. The number of benzene rings is 2. The van der Waals surface area contributed by atoms with Crippen molar-refractivity contribution in [1.29, 1.82) is 0 Å². The summed E-state index contributed by atoms with van der Waals surface area (Å²) in [6.07, 6.45) is 0.856. The van der Waals surface area contributed by atoms with Gasteiger partial charge in [0.15, 0.2) is 0 Å². The summed E-state index contributed by atoms with van der Waals surface area (Å²) in [4.78, 5) is 14.5. The fraction of sp³-hybridized carbons (Fsp3) is 0.350. The molecule has 0 bridgehead atoms. The molecule has 26 heavy (non-hydrogen) atoms. The van der Waals surface area contributed by atoms with Crippen molar-refractivity contribution < 1.29 is 9.90 Å².